The van der Waals surface area contributed by atoms with Gasteiger partial charge in [-0.15, -0.1) is 0 Å². The minimum Gasteiger partial charge on any atom is -0.336 e. The van der Waals surface area contributed by atoms with Crippen molar-refractivity contribution < 1.29 is 4.79 Å². The number of piperidine rings is 1. The Bertz CT molecular complexity index is 226. The zero-order chi connectivity index (χ0) is 11.5. The third-order valence-electron chi connectivity index (χ3n) is 3.20. The summed E-state index contributed by atoms with van der Waals surface area (Å²) in [7, 11) is 3.52. The maximum Gasteiger partial charge on any atom is 0.316 e. The van der Waals surface area contributed by atoms with Crippen LogP contribution in [0.25, 0.3) is 0 Å². The fraction of sp³-hybridized carbons (Fsp3) is 0.909. The van der Waals surface area contributed by atoms with Crippen LogP contribution in [-0.4, -0.2) is 44.2 Å². The zero-order valence-electron chi connectivity index (χ0n) is 10.3. The molecule has 15 heavy (non-hydrogen) atoms. The number of amides is 2. The quantitative estimate of drug-likeness (QED) is 0.720. The Morgan fingerprint density at radius 2 is 2.20 bits per heavy atom. The summed E-state index contributed by atoms with van der Waals surface area (Å²) in [5.74, 6) is 0. The molecule has 0 bridgehead atoms. The number of nitrogens with zero attached hydrogens (tertiary/aromatic N) is 1. The number of rotatable bonds is 2. The summed E-state index contributed by atoms with van der Waals surface area (Å²) in [6.07, 6.45) is 2.45. The van der Waals surface area contributed by atoms with Crippen LogP contribution in [0.4, 0.5) is 4.79 Å². The highest BCUT2D eigenvalue weighted by Gasteiger charge is 2.31. The highest BCUT2D eigenvalue weighted by atomic mass is 16.2. The molecular formula is C11H23N3O. The lowest BCUT2D eigenvalue weighted by atomic mass is 9.77. The van der Waals surface area contributed by atoms with Gasteiger partial charge in [0.25, 0.3) is 0 Å². The zero-order valence-corrected chi connectivity index (χ0v) is 10.3. The van der Waals surface area contributed by atoms with E-state index in [9.17, 15) is 4.79 Å². The van der Waals surface area contributed by atoms with E-state index in [0.717, 1.165) is 6.54 Å². The van der Waals surface area contributed by atoms with Gasteiger partial charge in [0.1, 0.15) is 0 Å². The van der Waals surface area contributed by atoms with Crippen molar-refractivity contribution in [3.63, 3.8) is 0 Å². The maximum atomic E-state index is 11.4. The SMILES string of the molecule is CN(C)C(=O)NCC1NCCCC1(C)C. The summed E-state index contributed by atoms with van der Waals surface area (Å²) >= 11 is 0. The van der Waals surface area contributed by atoms with Gasteiger partial charge in [-0.05, 0) is 24.8 Å². The fourth-order valence-electron chi connectivity index (χ4n) is 1.97. The topological polar surface area (TPSA) is 44.4 Å². The molecule has 0 aromatic carbocycles. The lowest BCUT2D eigenvalue weighted by Gasteiger charge is -2.39. The number of hydrogen-bond donors (Lipinski definition) is 2. The van der Waals surface area contributed by atoms with E-state index in [1.165, 1.54) is 12.8 Å². The summed E-state index contributed by atoms with van der Waals surface area (Å²) < 4.78 is 0. The van der Waals surface area contributed by atoms with Gasteiger partial charge in [0.05, 0.1) is 0 Å². The van der Waals surface area contributed by atoms with Crippen LogP contribution in [0, 0.1) is 5.41 Å². The van der Waals surface area contributed by atoms with Crippen molar-refractivity contribution in [3.8, 4) is 0 Å². The van der Waals surface area contributed by atoms with E-state index in [1.54, 1.807) is 19.0 Å². The molecule has 1 saturated heterocycles. The minimum atomic E-state index is -0.0156. The molecule has 0 spiro atoms. The van der Waals surface area contributed by atoms with Crippen LogP contribution in [-0.2, 0) is 0 Å². The first-order valence-corrected chi connectivity index (χ1v) is 5.62. The van der Waals surface area contributed by atoms with E-state index in [1.807, 2.05) is 0 Å². The smallest absolute Gasteiger partial charge is 0.316 e. The van der Waals surface area contributed by atoms with Crippen LogP contribution in [0.5, 0.6) is 0 Å². The fourth-order valence-corrected chi connectivity index (χ4v) is 1.97. The van der Waals surface area contributed by atoms with Crippen LogP contribution >= 0.6 is 0 Å². The molecule has 1 fully saturated rings. The molecule has 1 aliphatic rings. The molecule has 2 N–H and O–H groups in total. The molecule has 0 aromatic rings. The Morgan fingerprint density at radius 3 is 2.73 bits per heavy atom. The Kier molecular flexibility index (Phi) is 3.97. The third-order valence-corrected chi connectivity index (χ3v) is 3.20. The number of hydrogen-bond acceptors (Lipinski definition) is 2. The maximum absolute atomic E-state index is 11.4. The Morgan fingerprint density at radius 1 is 1.53 bits per heavy atom. The van der Waals surface area contributed by atoms with Crippen LogP contribution in [0.2, 0.25) is 0 Å². The molecule has 1 unspecified atom stereocenters. The van der Waals surface area contributed by atoms with Crippen molar-refractivity contribution in [3.05, 3.63) is 0 Å². The van der Waals surface area contributed by atoms with Crippen molar-refractivity contribution in [2.24, 2.45) is 5.41 Å². The summed E-state index contributed by atoms with van der Waals surface area (Å²) in [5.41, 5.74) is 0.276. The second-order valence-corrected chi connectivity index (χ2v) is 5.18. The first kappa shape index (κ1) is 12.3. The minimum absolute atomic E-state index is 0.0156. The molecule has 0 radical (unpaired) electrons. The van der Waals surface area contributed by atoms with Crippen molar-refractivity contribution in [1.82, 2.24) is 15.5 Å². The van der Waals surface area contributed by atoms with Gasteiger partial charge in [-0.1, -0.05) is 13.8 Å². The number of nitrogens with one attached hydrogen (secondary N) is 2. The van der Waals surface area contributed by atoms with Crippen LogP contribution in [0.3, 0.4) is 0 Å². The van der Waals surface area contributed by atoms with Gasteiger partial charge in [-0.2, -0.15) is 0 Å². The highest BCUT2D eigenvalue weighted by molar-refractivity contribution is 5.73. The largest absolute Gasteiger partial charge is 0.336 e. The standard InChI is InChI=1S/C11H23N3O/c1-11(2)6-5-7-12-9(11)8-13-10(15)14(3)4/h9,12H,5-8H2,1-4H3,(H,13,15). The van der Waals surface area contributed by atoms with Crippen LogP contribution in [0.15, 0.2) is 0 Å². The molecular weight excluding hydrogens is 190 g/mol. The molecule has 88 valence electrons. The van der Waals surface area contributed by atoms with Gasteiger partial charge in [0.15, 0.2) is 0 Å². The molecule has 4 heteroatoms. The van der Waals surface area contributed by atoms with Crippen molar-refractivity contribution in [2.45, 2.75) is 32.7 Å². The molecule has 0 aliphatic carbocycles. The van der Waals surface area contributed by atoms with E-state index >= 15 is 0 Å². The van der Waals surface area contributed by atoms with Crippen LogP contribution < -0.4 is 10.6 Å². The second kappa shape index (κ2) is 4.84. The molecule has 4 nitrogen and oxygen atoms in total. The van der Waals surface area contributed by atoms with Gasteiger partial charge in [-0.3, -0.25) is 0 Å². The predicted molar refractivity (Wildman–Crippen MR) is 61.9 cm³/mol. The van der Waals surface area contributed by atoms with Gasteiger partial charge in [0, 0.05) is 26.7 Å². The lowest BCUT2D eigenvalue weighted by molar-refractivity contribution is 0.171. The van der Waals surface area contributed by atoms with E-state index in [2.05, 4.69) is 24.5 Å². The van der Waals surface area contributed by atoms with Crippen molar-refractivity contribution in [2.75, 3.05) is 27.2 Å². The lowest BCUT2D eigenvalue weighted by Crippen LogP contribution is -2.53. The van der Waals surface area contributed by atoms with Gasteiger partial charge in [0.2, 0.25) is 0 Å². The predicted octanol–water partition coefficient (Wildman–Crippen LogP) is 1.04. The average molecular weight is 213 g/mol. The third kappa shape index (κ3) is 3.38. The van der Waals surface area contributed by atoms with E-state index in [4.69, 9.17) is 0 Å². The number of urea groups is 1. The molecule has 0 saturated carbocycles. The van der Waals surface area contributed by atoms with Gasteiger partial charge >= 0.3 is 6.03 Å². The Balaban J connectivity index is 2.40. The first-order chi connectivity index (χ1) is 6.93. The summed E-state index contributed by atoms with van der Waals surface area (Å²) in [4.78, 5) is 12.9. The van der Waals surface area contributed by atoms with Crippen molar-refractivity contribution >= 4 is 6.03 Å². The van der Waals surface area contributed by atoms with Gasteiger partial charge < -0.3 is 15.5 Å². The van der Waals surface area contributed by atoms with Crippen molar-refractivity contribution in [1.29, 1.82) is 0 Å². The van der Waals surface area contributed by atoms with E-state index in [-0.39, 0.29) is 11.4 Å². The molecule has 1 aliphatic heterocycles. The Labute approximate surface area is 92.4 Å². The Hall–Kier alpha value is -0.770. The summed E-state index contributed by atoms with van der Waals surface area (Å²) in [6.45, 7) is 6.28. The molecule has 1 atom stereocenters. The molecule has 0 aromatic heterocycles. The molecule has 1 rings (SSSR count). The summed E-state index contributed by atoms with van der Waals surface area (Å²) in [6, 6.07) is 0.369. The second-order valence-electron chi connectivity index (χ2n) is 5.18. The summed E-state index contributed by atoms with van der Waals surface area (Å²) in [5, 5.41) is 6.40. The molecule has 2 amide bonds. The van der Waals surface area contributed by atoms with E-state index < -0.39 is 0 Å². The average Bonchev–Trinajstić information content (AvgIpc) is 2.14. The number of carbonyl (C=O) groups excluding carboxylic acids is 1. The van der Waals surface area contributed by atoms with Gasteiger partial charge in [-0.25, -0.2) is 4.79 Å². The monoisotopic (exact) mass is 213 g/mol. The molecule has 1 heterocycles. The normalized spacial score (nSPS) is 24.7. The first-order valence-electron chi connectivity index (χ1n) is 5.62. The van der Waals surface area contributed by atoms with Crippen LogP contribution in [0.1, 0.15) is 26.7 Å². The number of carbonyl (C=O) groups is 1. The van der Waals surface area contributed by atoms with E-state index in [0.29, 0.717) is 12.6 Å². The highest BCUT2D eigenvalue weighted by Crippen LogP contribution is 2.29.